The molecule has 2 aromatic heterocycles. The van der Waals surface area contributed by atoms with E-state index < -0.39 is 0 Å². The molecule has 1 amide bonds. The van der Waals surface area contributed by atoms with Crippen LogP contribution in [0.4, 0.5) is 17.5 Å². The molecular formula is C25H30ClN7O3. The van der Waals surface area contributed by atoms with Crippen LogP contribution >= 0.6 is 11.6 Å². The van der Waals surface area contributed by atoms with Crippen LogP contribution in [-0.4, -0.2) is 60.3 Å². The Bertz CT molecular complexity index is 1370. The molecule has 2 aliphatic heterocycles. The fraction of sp³-hybridized carbons (Fsp3) is 0.440. The Balaban J connectivity index is 1.44. The third-order valence-electron chi connectivity index (χ3n) is 6.87. The van der Waals surface area contributed by atoms with Gasteiger partial charge in [0, 0.05) is 55.8 Å². The predicted octanol–water partition coefficient (Wildman–Crippen LogP) is 2.69. The van der Waals surface area contributed by atoms with Gasteiger partial charge in [-0.2, -0.15) is 4.98 Å². The number of hydrogen-bond donors (Lipinski definition) is 3. The number of carbonyl (C=O) groups excluding carboxylic acids is 1. The second kappa shape index (κ2) is 9.59. The molecule has 0 atom stereocenters. The lowest BCUT2D eigenvalue weighted by atomic mass is 9.81. The van der Waals surface area contributed by atoms with Crippen molar-refractivity contribution in [1.82, 2.24) is 25.2 Å². The van der Waals surface area contributed by atoms with E-state index in [9.17, 15) is 9.59 Å². The smallest absolute Gasteiger partial charge is 0.293 e. The molecule has 11 heteroatoms. The van der Waals surface area contributed by atoms with E-state index in [0.717, 1.165) is 49.2 Å². The Morgan fingerprint density at radius 1 is 1.31 bits per heavy atom. The zero-order valence-electron chi connectivity index (χ0n) is 20.6. The summed E-state index contributed by atoms with van der Waals surface area (Å²) in [5.41, 5.74) is 1.56. The van der Waals surface area contributed by atoms with Crippen LogP contribution in [0.5, 0.6) is 5.75 Å². The molecule has 5 rings (SSSR count). The zero-order chi connectivity index (χ0) is 25.4. The fourth-order valence-corrected chi connectivity index (χ4v) is 4.98. The van der Waals surface area contributed by atoms with Crippen molar-refractivity contribution in [3.63, 3.8) is 0 Å². The lowest BCUT2D eigenvalue weighted by Gasteiger charge is -2.38. The molecule has 2 saturated heterocycles. The Kier molecular flexibility index (Phi) is 6.48. The molecule has 190 valence electrons. The van der Waals surface area contributed by atoms with E-state index in [0.29, 0.717) is 22.2 Å². The number of aromatic nitrogens is 3. The van der Waals surface area contributed by atoms with Gasteiger partial charge in [0.1, 0.15) is 5.02 Å². The molecule has 1 aromatic carbocycles. The number of ether oxygens (including phenoxy) is 1. The van der Waals surface area contributed by atoms with Crippen molar-refractivity contribution in [2.45, 2.75) is 26.3 Å². The molecule has 36 heavy (non-hydrogen) atoms. The van der Waals surface area contributed by atoms with Gasteiger partial charge < -0.3 is 30.2 Å². The summed E-state index contributed by atoms with van der Waals surface area (Å²) in [4.78, 5) is 36.1. The van der Waals surface area contributed by atoms with E-state index in [1.165, 1.54) is 7.05 Å². The number of pyridine rings is 1. The van der Waals surface area contributed by atoms with Crippen LogP contribution in [0.2, 0.25) is 5.02 Å². The van der Waals surface area contributed by atoms with Crippen molar-refractivity contribution in [2.75, 3.05) is 50.1 Å². The van der Waals surface area contributed by atoms with Crippen molar-refractivity contribution in [3.05, 3.63) is 45.8 Å². The van der Waals surface area contributed by atoms with Crippen LogP contribution in [0.1, 0.15) is 26.3 Å². The van der Waals surface area contributed by atoms with Gasteiger partial charge >= 0.3 is 0 Å². The third kappa shape index (κ3) is 4.58. The molecule has 0 radical (unpaired) electrons. The summed E-state index contributed by atoms with van der Waals surface area (Å²) in [5, 5.41) is 10.4. The first-order valence-electron chi connectivity index (χ1n) is 12.1. The third-order valence-corrected chi connectivity index (χ3v) is 7.15. The average Bonchev–Trinajstić information content (AvgIpc) is 3.30. The summed E-state index contributed by atoms with van der Waals surface area (Å²) in [5.74, 6) is 0.979. The summed E-state index contributed by atoms with van der Waals surface area (Å²) in [6.45, 7) is 7.55. The van der Waals surface area contributed by atoms with Gasteiger partial charge in [-0.05, 0) is 44.5 Å². The Labute approximate surface area is 214 Å². The van der Waals surface area contributed by atoms with Crippen molar-refractivity contribution in [3.8, 4) is 5.75 Å². The number of amides is 1. The maximum absolute atomic E-state index is 13.0. The first-order valence-corrected chi connectivity index (χ1v) is 12.4. The molecular weight excluding hydrogens is 482 g/mol. The summed E-state index contributed by atoms with van der Waals surface area (Å²) < 4.78 is 7.21. The molecule has 3 aromatic rings. The molecule has 1 spiro atoms. The highest BCUT2D eigenvalue weighted by Crippen LogP contribution is 2.36. The first kappa shape index (κ1) is 24.3. The van der Waals surface area contributed by atoms with Crippen LogP contribution in [0.25, 0.3) is 10.9 Å². The summed E-state index contributed by atoms with van der Waals surface area (Å²) >= 11 is 6.44. The van der Waals surface area contributed by atoms with E-state index in [2.05, 4.69) is 25.8 Å². The van der Waals surface area contributed by atoms with Gasteiger partial charge in [-0.3, -0.25) is 9.59 Å². The standard InChI is InChI=1S/C25H30ClN7O3/c1-15(2)33-19-5-4-17(8-16(19)9-20(23(33)35)36-11-21(34)27-3)30-22-18(26)10-29-24(31-22)32-7-6-25(14-32)12-28-13-25/h4-5,8-10,15,28H,6-7,11-14H2,1-3H3,(H,27,34)(H,29,30,31). The van der Waals surface area contributed by atoms with Gasteiger partial charge in [0.05, 0.1) is 11.7 Å². The number of anilines is 3. The van der Waals surface area contributed by atoms with E-state index in [4.69, 9.17) is 21.3 Å². The molecule has 2 aliphatic rings. The summed E-state index contributed by atoms with van der Waals surface area (Å²) in [7, 11) is 1.52. The second-order valence-electron chi connectivity index (χ2n) is 9.78. The van der Waals surface area contributed by atoms with Gasteiger partial charge in [-0.15, -0.1) is 0 Å². The fourth-order valence-electron chi connectivity index (χ4n) is 4.84. The zero-order valence-corrected chi connectivity index (χ0v) is 21.4. The molecule has 0 saturated carbocycles. The number of likely N-dealkylation sites (N-methyl/N-ethyl adjacent to an activating group) is 1. The average molecular weight is 512 g/mol. The first-order chi connectivity index (χ1) is 17.3. The molecule has 3 N–H and O–H groups in total. The topological polar surface area (TPSA) is 113 Å². The van der Waals surface area contributed by atoms with Crippen LogP contribution in [0, 0.1) is 5.41 Å². The van der Waals surface area contributed by atoms with Crippen LogP contribution in [0.3, 0.4) is 0 Å². The minimum absolute atomic E-state index is 0.101. The Hall–Kier alpha value is -3.37. The predicted molar refractivity (Wildman–Crippen MR) is 141 cm³/mol. The van der Waals surface area contributed by atoms with Crippen LogP contribution in [0.15, 0.2) is 35.3 Å². The van der Waals surface area contributed by atoms with Gasteiger partial charge in [-0.1, -0.05) is 11.6 Å². The highest BCUT2D eigenvalue weighted by molar-refractivity contribution is 6.32. The molecule has 2 fully saturated rings. The number of nitrogens with zero attached hydrogens (tertiary/aromatic N) is 4. The number of fused-ring (bicyclic) bond motifs is 1. The molecule has 10 nitrogen and oxygen atoms in total. The minimum Gasteiger partial charge on any atom is -0.478 e. The van der Waals surface area contributed by atoms with E-state index in [1.807, 2.05) is 32.0 Å². The van der Waals surface area contributed by atoms with Gasteiger partial charge in [0.2, 0.25) is 5.95 Å². The normalized spacial score (nSPS) is 16.4. The summed E-state index contributed by atoms with van der Waals surface area (Å²) in [6.07, 6.45) is 2.75. The van der Waals surface area contributed by atoms with Crippen LogP contribution < -0.4 is 31.1 Å². The highest BCUT2D eigenvalue weighted by Gasteiger charge is 2.43. The number of hydrogen-bond acceptors (Lipinski definition) is 8. The number of benzene rings is 1. The largest absolute Gasteiger partial charge is 0.478 e. The Morgan fingerprint density at radius 2 is 2.11 bits per heavy atom. The number of halogens is 1. The number of carbonyl (C=O) groups is 1. The van der Waals surface area contributed by atoms with E-state index in [-0.39, 0.29) is 29.9 Å². The SMILES string of the molecule is CNC(=O)COc1cc2cc(Nc3nc(N4CCC5(CNC5)C4)ncc3Cl)ccc2n(C(C)C)c1=O. The van der Waals surface area contributed by atoms with Crippen molar-refractivity contribution < 1.29 is 9.53 Å². The molecule has 0 unspecified atom stereocenters. The van der Waals surface area contributed by atoms with Crippen molar-refractivity contribution >= 4 is 45.9 Å². The summed E-state index contributed by atoms with van der Waals surface area (Å²) in [6, 6.07) is 7.23. The van der Waals surface area contributed by atoms with Gasteiger partial charge in [0.25, 0.3) is 11.5 Å². The van der Waals surface area contributed by atoms with Crippen LogP contribution in [-0.2, 0) is 4.79 Å². The lowest BCUT2D eigenvalue weighted by Crippen LogP contribution is -2.54. The molecule has 0 bridgehead atoms. The lowest BCUT2D eigenvalue weighted by molar-refractivity contribution is -0.122. The van der Waals surface area contributed by atoms with Gasteiger partial charge in [-0.25, -0.2) is 4.98 Å². The van der Waals surface area contributed by atoms with E-state index in [1.54, 1.807) is 16.8 Å². The highest BCUT2D eigenvalue weighted by atomic mass is 35.5. The molecule has 4 heterocycles. The minimum atomic E-state index is -0.312. The second-order valence-corrected chi connectivity index (χ2v) is 10.2. The van der Waals surface area contributed by atoms with E-state index >= 15 is 0 Å². The maximum atomic E-state index is 13.0. The van der Waals surface area contributed by atoms with Gasteiger partial charge in [0.15, 0.2) is 18.2 Å². The Morgan fingerprint density at radius 3 is 2.78 bits per heavy atom. The van der Waals surface area contributed by atoms with Crippen molar-refractivity contribution in [2.24, 2.45) is 5.41 Å². The van der Waals surface area contributed by atoms with Crippen molar-refractivity contribution in [1.29, 1.82) is 0 Å². The quantitative estimate of drug-likeness (QED) is 0.444. The monoisotopic (exact) mass is 511 g/mol. The maximum Gasteiger partial charge on any atom is 0.293 e. The number of nitrogens with one attached hydrogen (secondary N) is 3. The number of rotatable bonds is 7. The molecule has 0 aliphatic carbocycles.